The zero-order valence-corrected chi connectivity index (χ0v) is 18.6. The van der Waals surface area contributed by atoms with E-state index in [4.69, 9.17) is 9.47 Å². The SMILES string of the molecule is CCCCCCN1CC=CC=C1c1ccccc1-c1ccc2c(c1)Oc1ccccc1O2. The van der Waals surface area contributed by atoms with E-state index in [1.165, 1.54) is 42.5 Å². The number of allylic oxidation sites excluding steroid dienone is 2. The number of hydrogen-bond donors (Lipinski definition) is 0. The van der Waals surface area contributed by atoms with Crippen LogP contribution in [0.1, 0.15) is 38.2 Å². The molecule has 0 unspecified atom stereocenters. The number of unbranched alkanes of at least 4 members (excludes halogenated alkanes) is 3. The van der Waals surface area contributed by atoms with Crippen LogP contribution < -0.4 is 9.47 Å². The Morgan fingerprint density at radius 1 is 0.750 bits per heavy atom. The van der Waals surface area contributed by atoms with Crippen molar-refractivity contribution in [1.82, 2.24) is 4.90 Å². The van der Waals surface area contributed by atoms with Gasteiger partial charge in [0.25, 0.3) is 0 Å². The first kappa shape index (κ1) is 20.4. The lowest BCUT2D eigenvalue weighted by Gasteiger charge is -2.30. The number of fused-ring (bicyclic) bond motifs is 2. The van der Waals surface area contributed by atoms with Gasteiger partial charge in [0.1, 0.15) is 0 Å². The van der Waals surface area contributed by atoms with E-state index in [0.717, 1.165) is 41.7 Å². The van der Waals surface area contributed by atoms with Gasteiger partial charge in [-0.1, -0.05) is 80.8 Å². The van der Waals surface area contributed by atoms with E-state index in [2.05, 4.69) is 66.4 Å². The van der Waals surface area contributed by atoms with Crippen molar-refractivity contribution in [3.8, 4) is 34.1 Å². The minimum Gasteiger partial charge on any atom is -0.450 e. The van der Waals surface area contributed by atoms with Crippen LogP contribution in [-0.2, 0) is 0 Å². The molecule has 3 aromatic carbocycles. The molecule has 0 radical (unpaired) electrons. The van der Waals surface area contributed by atoms with Crippen molar-refractivity contribution < 1.29 is 9.47 Å². The quantitative estimate of drug-likeness (QED) is 0.281. The largest absolute Gasteiger partial charge is 0.450 e. The summed E-state index contributed by atoms with van der Waals surface area (Å²) in [5, 5.41) is 0. The third kappa shape index (κ3) is 4.16. The smallest absolute Gasteiger partial charge is 0.170 e. The number of hydrogen-bond acceptors (Lipinski definition) is 3. The minimum absolute atomic E-state index is 0.752. The summed E-state index contributed by atoms with van der Waals surface area (Å²) in [4.78, 5) is 2.50. The fourth-order valence-corrected chi connectivity index (χ4v) is 4.41. The first-order chi connectivity index (χ1) is 15.8. The topological polar surface area (TPSA) is 21.7 Å². The van der Waals surface area contributed by atoms with Crippen LogP contribution in [0.4, 0.5) is 0 Å². The molecule has 2 heterocycles. The highest BCUT2D eigenvalue weighted by atomic mass is 16.6. The van der Waals surface area contributed by atoms with E-state index in [9.17, 15) is 0 Å². The Morgan fingerprint density at radius 2 is 1.47 bits per heavy atom. The standard InChI is InChI=1S/C29H29NO2/c1-2-3-4-10-19-30-20-11-9-14-25(30)24-13-6-5-12-23(24)22-17-18-28-29(21-22)32-27-16-8-7-15-26(27)31-28/h5-9,11-18,21H,2-4,10,19-20H2,1H3. The van der Waals surface area contributed by atoms with Gasteiger partial charge in [-0.25, -0.2) is 0 Å². The van der Waals surface area contributed by atoms with Crippen LogP contribution in [0.15, 0.2) is 85.0 Å². The highest BCUT2D eigenvalue weighted by Crippen LogP contribution is 2.46. The zero-order chi connectivity index (χ0) is 21.8. The van der Waals surface area contributed by atoms with Crippen molar-refractivity contribution in [3.05, 3.63) is 90.5 Å². The fraction of sp³-hybridized carbons (Fsp3) is 0.241. The zero-order valence-electron chi connectivity index (χ0n) is 18.6. The summed E-state index contributed by atoms with van der Waals surface area (Å²) in [5.74, 6) is 3.02. The summed E-state index contributed by atoms with van der Waals surface area (Å²) in [6.07, 6.45) is 11.7. The van der Waals surface area contributed by atoms with E-state index in [-0.39, 0.29) is 0 Å². The lowest BCUT2D eigenvalue weighted by Crippen LogP contribution is -2.25. The van der Waals surface area contributed by atoms with E-state index in [1.54, 1.807) is 0 Å². The monoisotopic (exact) mass is 423 g/mol. The second-order valence-corrected chi connectivity index (χ2v) is 8.34. The molecule has 0 atom stereocenters. The second kappa shape index (κ2) is 9.35. The summed E-state index contributed by atoms with van der Waals surface area (Å²) < 4.78 is 12.2. The van der Waals surface area contributed by atoms with Crippen LogP contribution in [0.2, 0.25) is 0 Å². The van der Waals surface area contributed by atoms with Crippen LogP contribution >= 0.6 is 0 Å². The van der Waals surface area contributed by atoms with Crippen molar-refractivity contribution >= 4 is 5.70 Å². The predicted octanol–water partition coefficient (Wildman–Crippen LogP) is 8.04. The Labute approximate surface area is 190 Å². The van der Waals surface area contributed by atoms with Gasteiger partial charge in [-0.15, -0.1) is 0 Å². The summed E-state index contributed by atoms with van der Waals surface area (Å²) in [6.45, 7) is 4.31. The molecular weight excluding hydrogens is 394 g/mol. The van der Waals surface area contributed by atoms with Crippen LogP contribution in [0.5, 0.6) is 23.0 Å². The Hall–Kier alpha value is -3.46. The molecule has 2 aliphatic heterocycles. The van der Waals surface area contributed by atoms with Gasteiger partial charge in [0.15, 0.2) is 23.0 Å². The number of nitrogens with zero attached hydrogens (tertiary/aromatic N) is 1. The van der Waals surface area contributed by atoms with Crippen molar-refractivity contribution in [2.75, 3.05) is 13.1 Å². The molecule has 0 aromatic heterocycles. The molecule has 0 spiro atoms. The van der Waals surface area contributed by atoms with E-state index in [0.29, 0.717) is 0 Å². The Bertz CT molecular complexity index is 1160. The molecule has 0 saturated carbocycles. The van der Waals surface area contributed by atoms with Gasteiger partial charge < -0.3 is 14.4 Å². The Balaban J connectivity index is 1.45. The minimum atomic E-state index is 0.752. The summed E-state index contributed by atoms with van der Waals surface area (Å²) >= 11 is 0. The van der Waals surface area contributed by atoms with Crippen LogP contribution in [0.3, 0.4) is 0 Å². The Morgan fingerprint density at radius 3 is 2.28 bits per heavy atom. The molecule has 3 heteroatoms. The molecule has 5 rings (SSSR count). The van der Waals surface area contributed by atoms with Crippen LogP contribution in [0.25, 0.3) is 16.8 Å². The predicted molar refractivity (Wildman–Crippen MR) is 131 cm³/mol. The Kier molecular flexibility index (Phi) is 5.98. The van der Waals surface area contributed by atoms with Crippen LogP contribution in [0, 0.1) is 0 Å². The second-order valence-electron chi connectivity index (χ2n) is 8.34. The lowest BCUT2D eigenvalue weighted by atomic mass is 9.95. The number of ether oxygens (including phenoxy) is 2. The molecule has 32 heavy (non-hydrogen) atoms. The molecule has 0 fully saturated rings. The third-order valence-electron chi connectivity index (χ3n) is 6.08. The number of rotatable bonds is 7. The highest BCUT2D eigenvalue weighted by Gasteiger charge is 2.21. The maximum atomic E-state index is 6.16. The molecule has 2 aliphatic rings. The van der Waals surface area contributed by atoms with Gasteiger partial charge in [0, 0.05) is 24.4 Å². The molecule has 0 bridgehead atoms. The summed E-state index contributed by atoms with van der Waals surface area (Å²) in [7, 11) is 0. The van der Waals surface area contributed by atoms with Gasteiger partial charge in [-0.3, -0.25) is 0 Å². The average Bonchev–Trinajstić information content (AvgIpc) is 2.85. The van der Waals surface area contributed by atoms with Crippen molar-refractivity contribution in [1.29, 1.82) is 0 Å². The maximum absolute atomic E-state index is 6.16. The van der Waals surface area contributed by atoms with Crippen molar-refractivity contribution in [2.24, 2.45) is 0 Å². The van der Waals surface area contributed by atoms with Gasteiger partial charge >= 0.3 is 0 Å². The first-order valence-corrected chi connectivity index (χ1v) is 11.6. The number of benzene rings is 3. The third-order valence-corrected chi connectivity index (χ3v) is 6.08. The maximum Gasteiger partial charge on any atom is 0.170 e. The molecule has 0 saturated heterocycles. The van der Waals surface area contributed by atoms with Gasteiger partial charge in [-0.2, -0.15) is 0 Å². The van der Waals surface area contributed by atoms with Crippen LogP contribution in [-0.4, -0.2) is 18.0 Å². The average molecular weight is 424 g/mol. The normalized spacial score (nSPS) is 14.2. The van der Waals surface area contributed by atoms with Gasteiger partial charge in [-0.05, 0) is 47.9 Å². The summed E-state index contributed by atoms with van der Waals surface area (Å²) in [5.41, 5.74) is 4.88. The van der Waals surface area contributed by atoms with Gasteiger partial charge in [0.2, 0.25) is 0 Å². The number of para-hydroxylation sites is 2. The fourth-order valence-electron chi connectivity index (χ4n) is 4.41. The van der Waals surface area contributed by atoms with E-state index in [1.807, 2.05) is 30.3 Å². The summed E-state index contributed by atoms with van der Waals surface area (Å²) in [6, 6.07) is 22.7. The molecule has 162 valence electrons. The molecule has 3 nitrogen and oxygen atoms in total. The highest BCUT2D eigenvalue weighted by molar-refractivity contribution is 5.82. The van der Waals surface area contributed by atoms with E-state index >= 15 is 0 Å². The molecule has 0 aliphatic carbocycles. The van der Waals surface area contributed by atoms with Gasteiger partial charge in [0.05, 0.1) is 0 Å². The van der Waals surface area contributed by atoms with Crippen molar-refractivity contribution in [3.63, 3.8) is 0 Å². The molecule has 0 amide bonds. The van der Waals surface area contributed by atoms with E-state index < -0.39 is 0 Å². The molecule has 0 N–H and O–H groups in total. The molecule has 3 aromatic rings. The lowest BCUT2D eigenvalue weighted by molar-refractivity contribution is 0.360. The van der Waals surface area contributed by atoms with Crippen molar-refractivity contribution in [2.45, 2.75) is 32.6 Å². The first-order valence-electron chi connectivity index (χ1n) is 11.6. The molecular formula is C29H29NO2.